The van der Waals surface area contributed by atoms with Crippen molar-refractivity contribution >= 4 is 5.97 Å². The van der Waals surface area contributed by atoms with E-state index in [4.69, 9.17) is 28.4 Å². The van der Waals surface area contributed by atoms with Crippen LogP contribution in [0.5, 0.6) is 0 Å². The summed E-state index contributed by atoms with van der Waals surface area (Å²) in [6.07, 6.45) is 1.90. The summed E-state index contributed by atoms with van der Waals surface area (Å²) < 4.78 is 35.7. The number of carbonyl (C=O) groups excluding carboxylic acids is 1. The highest BCUT2D eigenvalue weighted by Gasteiger charge is 2.81. The molecule has 0 aromatic carbocycles. The van der Waals surface area contributed by atoms with E-state index < -0.39 is 35.1 Å². The minimum absolute atomic E-state index is 0.0365. The average molecular weight is 439 g/mol. The highest BCUT2D eigenvalue weighted by atomic mass is 16.8. The van der Waals surface area contributed by atoms with Crippen LogP contribution in [-0.4, -0.2) is 62.8 Å². The Kier molecular flexibility index (Phi) is 6.51. The van der Waals surface area contributed by atoms with Gasteiger partial charge >= 0.3 is 5.97 Å². The molecular formula is C24H38O7. The number of ether oxygens (including phenoxy) is 6. The summed E-state index contributed by atoms with van der Waals surface area (Å²) >= 11 is 0. The zero-order valence-corrected chi connectivity index (χ0v) is 20.0. The highest BCUT2D eigenvalue weighted by molar-refractivity contribution is 5.78. The summed E-state index contributed by atoms with van der Waals surface area (Å²) in [4.78, 5) is 13.5. The van der Waals surface area contributed by atoms with Crippen LogP contribution >= 0.6 is 0 Å². The quantitative estimate of drug-likeness (QED) is 0.293. The molecule has 1 aliphatic carbocycles. The van der Waals surface area contributed by atoms with E-state index in [-0.39, 0.29) is 24.1 Å². The van der Waals surface area contributed by atoms with Gasteiger partial charge in [-0.15, -0.1) is 13.2 Å². The van der Waals surface area contributed by atoms with Gasteiger partial charge in [0.25, 0.3) is 0 Å². The van der Waals surface area contributed by atoms with Crippen molar-refractivity contribution in [3.8, 4) is 0 Å². The van der Waals surface area contributed by atoms with E-state index in [1.54, 1.807) is 20.3 Å². The predicted molar refractivity (Wildman–Crippen MR) is 115 cm³/mol. The fraction of sp³-hybridized carbons (Fsp3) is 0.792. The number of rotatable bonds is 10. The molecule has 3 fully saturated rings. The van der Waals surface area contributed by atoms with Gasteiger partial charge in [0, 0.05) is 32.0 Å². The number of carbonyl (C=O) groups is 1. The molecule has 0 amide bonds. The summed E-state index contributed by atoms with van der Waals surface area (Å²) in [6.45, 7) is 18.3. The van der Waals surface area contributed by atoms with E-state index in [1.807, 2.05) is 20.8 Å². The molecule has 1 unspecified atom stereocenters. The first-order chi connectivity index (χ1) is 14.4. The maximum atomic E-state index is 13.5. The topological polar surface area (TPSA) is 72.5 Å². The number of methoxy groups -OCH3 is 2. The normalized spacial score (nSPS) is 37.5. The maximum Gasteiger partial charge on any atom is 0.312 e. The summed E-state index contributed by atoms with van der Waals surface area (Å²) in [5, 5.41) is 0. The molecule has 176 valence electrons. The van der Waals surface area contributed by atoms with Crippen LogP contribution in [0.1, 0.15) is 47.5 Å². The molecule has 7 nitrogen and oxygen atoms in total. The Balaban J connectivity index is 2.08. The Bertz CT molecular complexity index is 729. The zero-order valence-electron chi connectivity index (χ0n) is 20.0. The van der Waals surface area contributed by atoms with Crippen molar-refractivity contribution < 1.29 is 33.2 Å². The van der Waals surface area contributed by atoms with Gasteiger partial charge in [-0.25, -0.2) is 0 Å². The second-order valence-corrected chi connectivity index (χ2v) is 10.3. The standard InChI is InChI=1S/C24H38O7/c1-10-17(27-9)19(28-14-26-8)18-16-12-21(4,5)24(16,30-20(18)25)23(11-15(2)3)13-29-22(6,7)31-23/h10,16-19H,1-2,11-14H2,3-9H3/t16-,17-,18+,19+,23?,24+/m0/s1. The van der Waals surface area contributed by atoms with Crippen LogP contribution < -0.4 is 0 Å². The molecule has 6 atom stereocenters. The van der Waals surface area contributed by atoms with Crippen molar-refractivity contribution in [2.45, 2.75) is 76.7 Å². The Hall–Kier alpha value is -1.25. The predicted octanol–water partition coefficient (Wildman–Crippen LogP) is 3.62. The first kappa shape index (κ1) is 24.4. The van der Waals surface area contributed by atoms with Crippen molar-refractivity contribution in [3.05, 3.63) is 24.8 Å². The van der Waals surface area contributed by atoms with E-state index in [1.165, 1.54) is 0 Å². The number of hydrogen-bond acceptors (Lipinski definition) is 7. The van der Waals surface area contributed by atoms with E-state index in [0.717, 1.165) is 12.0 Å². The van der Waals surface area contributed by atoms with Crippen molar-refractivity contribution in [1.82, 2.24) is 0 Å². The van der Waals surface area contributed by atoms with Crippen molar-refractivity contribution in [1.29, 1.82) is 0 Å². The molecular weight excluding hydrogens is 400 g/mol. The molecule has 2 saturated heterocycles. The molecule has 31 heavy (non-hydrogen) atoms. The van der Waals surface area contributed by atoms with Crippen LogP contribution in [0.25, 0.3) is 0 Å². The van der Waals surface area contributed by atoms with Crippen LogP contribution in [-0.2, 0) is 33.2 Å². The fourth-order valence-electron chi connectivity index (χ4n) is 6.23. The molecule has 2 heterocycles. The monoisotopic (exact) mass is 438 g/mol. The van der Waals surface area contributed by atoms with Crippen LogP contribution in [0, 0.1) is 17.3 Å². The molecule has 2 aliphatic heterocycles. The van der Waals surface area contributed by atoms with E-state index in [9.17, 15) is 4.79 Å². The molecule has 7 heteroatoms. The number of esters is 1. The lowest BCUT2D eigenvalue weighted by Crippen LogP contribution is -2.74. The van der Waals surface area contributed by atoms with Crippen LogP contribution in [0.15, 0.2) is 24.8 Å². The molecule has 0 aromatic heterocycles. The Morgan fingerprint density at radius 2 is 1.97 bits per heavy atom. The molecule has 0 bridgehead atoms. The first-order valence-electron chi connectivity index (χ1n) is 10.9. The van der Waals surface area contributed by atoms with Crippen LogP contribution in [0.2, 0.25) is 0 Å². The SMILES string of the molecule is C=C[C@H](OC)[C@@H](OCOC)[C@@H]1C(=O)O[C@]2(C3(CC(=C)C)COC(C)(C)O3)[C@H]1CC2(C)C. The molecule has 1 saturated carbocycles. The van der Waals surface area contributed by atoms with E-state index >= 15 is 0 Å². The molecule has 0 aromatic rings. The lowest BCUT2D eigenvalue weighted by atomic mass is 9.44. The minimum atomic E-state index is -0.872. The average Bonchev–Trinajstić information content (AvgIpc) is 3.11. The summed E-state index contributed by atoms with van der Waals surface area (Å²) in [5.74, 6) is -1.77. The van der Waals surface area contributed by atoms with Gasteiger partial charge in [0.2, 0.25) is 0 Å². The number of hydrogen-bond donors (Lipinski definition) is 0. The van der Waals surface area contributed by atoms with Gasteiger partial charge in [-0.1, -0.05) is 25.5 Å². The number of fused-ring (bicyclic) bond motifs is 1. The van der Waals surface area contributed by atoms with Crippen molar-refractivity contribution in [3.63, 3.8) is 0 Å². The molecule has 0 radical (unpaired) electrons. The van der Waals surface area contributed by atoms with Gasteiger partial charge in [-0.2, -0.15) is 0 Å². The van der Waals surface area contributed by atoms with Crippen molar-refractivity contribution in [2.24, 2.45) is 17.3 Å². The first-order valence-corrected chi connectivity index (χ1v) is 10.9. The second kappa shape index (κ2) is 8.27. The summed E-state index contributed by atoms with van der Waals surface area (Å²) in [7, 11) is 3.12. The Morgan fingerprint density at radius 1 is 1.29 bits per heavy atom. The van der Waals surface area contributed by atoms with Gasteiger partial charge in [-0.3, -0.25) is 4.79 Å². The van der Waals surface area contributed by atoms with Gasteiger partial charge in [0.1, 0.15) is 24.6 Å². The van der Waals surface area contributed by atoms with E-state index in [0.29, 0.717) is 13.0 Å². The Labute approximate surface area is 186 Å². The van der Waals surface area contributed by atoms with E-state index in [2.05, 4.69) is 27.0 Å². The third-order valence-electron chi connectivity index (χ3n) is 7.14. The van der Waals surface area contributed by atoms with Gasteiger partial charge < -0.3 is 28.4 Å². The molecule has 0 N–H and O–H groups in total. The molecule has 3 aliphatic rings. The summed E-state index contributed by atoms with van der Waals surface area (Å²) in [5.41, 5.74) is -1.07. The van der Waals surface area contributed by atoms with Gasteiger partial charge in [0.05, 0.1) is 12.5 Å². The fourth-order valence-corrected chi connectivity index (χ4v) is 6.23. The minimum Gasteiger partial charge on any atom is -0.455 e. The van der Waals surface area contributed by atoms with Gasteiger partial charge in [0.15, 0.2) is 11.4 Å². The van der Waals surface area contributed by atoms with Crippen molar-refractivity contribution in [2.75, 3.05) is 27.6 Å². The third kappa shape index (κ3) is 3.68. The highest BCUT2D eigenvalue weighted by Crippen LogP contribution is 2.70. The Morgan fingerprint density at radius 3 is 2.42 bits per heavy atom. The van der Waals surface area contributed by atoms with Gasteiger partial charge in [-0.05, 0) is 27.2 Å². The smallest absolute Gasteiger partial charge is 0.312 e. The molecule has 3 rings (SSSR count). The summed E-state index contributed by atoms with van der Waals surface area (Å²) in [6, 6.07) is 0. The lowest BCUT2D eigenvalue weighted by Gasteiger charge is -2.64. The maximum absolute atomic E-state index is 13.5. The zero-order chi connectivity index (χ0) is 23.2. The van der Waals surface area contributed by atoms with Crippen LogP contribution in [0.3, 0.4) is 0 Å². The molecule has 0 spiro atoms. The third-order valence-corrected chi connectivity index (χ3v) is 7.14. The lowest BCUT2D eigenvalue weighted by molar-refractivity contribution is -0.298. The second-order valence-electron chi connectivity index (χ2n) is 10.3. The largest absolute Gasteiger partial charge is 0.455 e. The van der Waals surface area contributed by atoms with Crippen LogP contribution in [0.4, 0.5) is 0 Å².